The Balaban J connectivity index is 1.24. The maximum Gasteiger partial charge on any atom is 0.429 e. The largest absolute Gasteiger partial charge is 0.429 e. The molecule has 1 aliphatic rings. The molecule has 0 unspecified atom stereocenters. The van der Waals surface area contributed by atoms with E-state index >= 15 is 8.78 Å². The third-order valence-electron chi connectivity index (χ3n) is 8.30. The molecule has 230 valence electrons. The van der Waals surface area contributed by atoms with Gasteiger partial charge >= 0.3 is 6.11 Å². The SMILES string of the molecule is C/C=C/CCC1CCC(c2ccc(C(F)(F)Oc3ccc(-c4ccc(-c5cc(F)c(F)c(F)c5)c(F)c4)cc3)c(F)c2)CC1. The van der Waals surface area contributed by atoms with Crippen molar-refractivity contribution in [2.45, 2.75) is 57.5 Å². The maximum atomic E-state index is 15.0. The standard InChI is InChI=1S/C36H31F7O/c1-2-3-4-5-22-6-8-23(9-7-22)26-13-17-30(32(38)19-26)36(42,43)44-28-14-10-24(11-15-28)25-12-16-29(31(37)18-25)27-20-33(39)35(41)34(40)21-27/h2-3,10-23H,4-9H2,1H3/b3-2+. The van der Waals surface area contributed by atoms with Crippen molar-refractivity contribution in [3.05, 3.63) is 125 Å². The van der Waals surface area contributed by atoms with E-state index < -0.39 is 40.8 Å². The molecule has 44 heavy (non-hydrogen) atoms. The Morgan fingerprint density at radius 1 is 0.705 bits per heavy atom. The maximum absolute atomic E-state index is 15.0. The fourth-order valence-corrected chi connectivity index (χ4v) is 5.86. The van der Waals surface area contributed by atoms with Crippen molar-refractivity contribution in [3.8, 4) is 28.0 Å². The Morgan fingerprint density at radius 3 is 1.95 bits per heavy atom. The van der Waals surface area contributed by atoms with Crippen LogP contribution in [-0.4, -0.2) is 0 Å². The molecule has 0 radical (unpaired) electrons. The van der Waals surface area contributed by atoms with Gasteiger partial charge in [-0.3, -0.25) is 0 Å². The van der Waals surface area contributed by atoms with E-state index in [1.807, 2.05) is 13.0 Å². The summed E-state index contributed by atoms with van der Waals surface area (Å²) in [6.45, 7) is 2.00. The second-order valence-electron chi connectivity index (χ2n) is 11.2. The lowest BCUT2D eigenvalue weighted by Crippen LogP contribution is -2.23. The summed E-state index contributed by atoms with van der Waals surface area (Å²) in [5, 5.41) is 0. The van der Waals surface area contributed by atoms with Gasteiger partial charge in [0.05, 0.1) is 5.56 Å². The van der Waals surface area contributed by atoms with Crippen molar-refractivity contribution in [2.75, 3.05) is 0 Å². The Hall–Kier alpha value is -4.07. The molecule has 8 heteroatoms. The highest BCUT2D eigenvalue weighted by atomic mass is 19.3. The van der Waals surface area contributed by atoms with Crippen LogP contribution in [0.15, 0.2) is 84.9 Å². The van der Waals surface area contributed by atoms with E-state index in [2.05, 4.69) is 6.08 Å². The molecule has 0 amide bonds. The molecule has 1 aliphatic carbocycles. The second kappa shape index (κ2) is 13.3. The third-order valence-corrected chi connectivity index (χ3v) is 8.30. The number of halogens is 7. The highest BCUT2D eigenvalue weighted by Gasteiger charge is 2.38. The second-order valence-corrected chi connectivity index (χ2v) is 11.2. The van der Waals surface area contributed by atoms with Gasteiger partial charge in [-0.2, -0.15) is 8.78 Å². The minimum Gasteiger partial charge on any atom is -0.429 e. The summed E-state index contributed by atoms with van der Waals surface area (Å²) < 4.78 is 105. The molecule has 4 aromatic rings. The summed E-state index contributed by atoms with van der Waals surface area (Å²) in [6, 6.07) is 14.4. The molecule has 0 spiro atoms. The van der Waals surface area contributed by atoms with Crippen molar-refractivity contribution in [2.24, 2.45) is 5.92 Å². The van der Waals surface area contributed by atoms with Crippen LogP contribution in [-0.2, 0) is 6.11 Å². The van der Waals surface area contributed by atoms with Crippen molar-refractivity contribution in [1.29, 1.82) is 0 Å². The zero-order chi connectivity index (χ0) is 31.4. The number of hydrogen-bond acceptors (Lipinski definition) is 1. The lowest BCUT2D eigenvalue weighted by atomic mass is 9.77. The zero-order valence-electron chi connectivity index (χ0n) is 24.0. The number of rotatable bonds is 9. The number of allylic oxidation sites excluding steroid dienone is 2. The van der Waals surface area contributed by atoms with E-state index in [-0.39, 0.29) is 22.8 Å². The fraction of sp³-hybridized carbons (Fsp3) is 0.278. The van der Waals surface area contributed by atoms with Crippen LogP contribution in [0.25, 0.3) is 22.3 Å². The van der Waals surface area contributed by atoms with E-state index in [0.29, 0.717) is 34.7 Å². The van der Waals surface area contributed by atoms with E-state index in [1.54, 1.807) is 6.07 Å². The van der Waals surface area contributed by atoms with Gasteiger partial charge < -0.3 is 4.74 Å². The predicted octanol–water partition coefficient (Wildman–Crippen LogP) is 11.5. The summed E-state index contributed by atoms with van der Waals surface area (Å²) in [7, 11) is 0. The Kier molecular flexibility index (Phi) is 9.47. The van der Waals surface area contributed by atoms with Gasteiger partial charge in [-0.15, -0.1) is 0 Å². The van der Waals surface area contributed by atoms with E-state index in [1.165, 1.54) is 42.5 Å². The lowest BCUT2D eigenvalue weighted by Gasteiger charge is -2.29. The molecule has 0 aromatic heterocycles. The van der Waals surface area contributed by atoms with Crippen molar-refractivity contribution in [3.63, 3.8) is 0 Å². The average molecular weight is 613 g/mol. The summed E-state index contributed by atoms with van der Waals surface area (Å²) >= 11 is 0. The molecule has 1 saturated carbocycles. The van der Waals surface area contributed by atoms with Crippen LogP contribution in [0.5, 0.6) is 5.75 Å². The van der Waals surface area contributed by atoms with Gasteiger partial charge in [0.25, 0.3) is 0 Å². The molecule has 0 bridgehead atoms. The molecule has 0 N–H and O–H groups in total. The Labute approximate surface area is 252 Å². The smallest absolute Gasteiger partial charge is 0.429 e. The highest BCUT2D eigenvalue weighted by molar-refractivity contribution is 5.71. The highest BCUT2D eigenvalue weighted by Crippen LogP contribution is 2.40. The topological polar surface area (TPSA) is 9.23 Å². The first kappa shape index (κ1) is 31.4. The van der Waals surface area contributed by atoms with Gasteiger partial charge in [-0.05, 0) is 122 Å². The quantitative estimate of drug-likeness (QED) is 0.104. The van der Waals surface area contributed by atoms with Crippen molar-refractivity contribution in [1.82, 2.24) is 0 Å². The van der Waals surface area contributed by atoms with Crippen LogP contribution >= 0.6 is 0 Å². The van der Waals surface area contributed by atoms with Crippen LogP contribution in [0.4, 0.5) is 30.7 Å². The minimum atomic E-state index is -3.94. The molecular weight excluding hydrogens is 581 g/mol. The molecule has 5 rings (SSSR count). The van der Waals surface area contributed by atoms with Gasteiger partial charge in [0.15, 0.2) is 17.5 Å². The van der Waals surface area contributed by atoms with Crippen LogP contribution < -0.4 is 4.74 Å². The summed E-state index contributed by atoms with van der Waals surface area (Å²) in [5.74, 6) is -5.86. The van der Waals surface area contributed by atoms with Crippen LogP contribution in [0.2, 0.25) is 0 Å². The first-order valence-corrected chi connectivity index (χ1v) is 14.6. The summed E-state index contributed by atoms with van der Waals surface area (Å²) in [6.07, 6.45) is 6.29. The molecule has 0 saturated heterocycles. The number of alkyl halides is 2. The fourth-order valence-electron chi connectivity index (χ4n) is 5.86. The Bertz CT molecular complexity index is 1610. The minimum absolute atomic E-state index is 0.135. The van der Waals surface area contributed by atoms with Gasteiger partial charge in [-0.25, -0.2) is 22.0 Å². The molecule has 0 atom stereocenters. The zero-order valence-corrected chi connectivity index (χ0v) is 24.0. The van der Waals surface area contributed by atoms with Gasteiger partial charge in [0.1, 0.15) is 17.4 Å². The van der Waals surface area contributed by atoms with Crippen LogP contribution in [0.3, 0.4) is 0 Å². The molecule has 1 nitrogen and oxygen atoms in total. The molecule has 0 heterocycles. The number of hydrogen-bond donors (Lipinski definition) is 0. The van der Waals surface area contributed by atoms with Crippen molar-refractivity contribution < 1.29 is 35.5 Å². The van der Waals surface area contributed by atoms with E-state index in [0.717, 1.165) is 50.7 Å². The average Bonchev–Trinajstić information content (AvgIpc) is 3.00. The monoisotopic (exact) mass is 612 g/mol. The number of ether oxygens (including phenoxy) is 1. The summed E-state index contributed by atoms with van der Waals surface area (Å²) in [4.78, 5) is 0. The van der Waals surface area contributed by atoms with Gasteiger partial charge in [0, 0.05) is 5.56 Å². The van der Waals surface area contributed by atoms with Crippen LogP contribution in [0.1, 0.15) is 62.5 Å². The summed E-state index contributed by atoms with van der Waals surface area (Å²) in [5.41, 5.74) is 0.311. The molecule has 0 aliphatic heterocycles. The molecular formula is C36H31F7O. The Morgan fingerprint density at radius 2 is 1.34 bits per heavy atom. The van der Waals surface area contributed by atoms with Gasteiger partial charge in [0.2, 0.25) is 0 Å². The molecule has 1 fully saturated rings. The first-order valence-electron chi connectivity index (χ1n) is 14.6. The first-order chi connectivity index (χ1) is 21.1. The van der Waals surface area contributed by atoms with Gasteiger partial charge in [-0.1, -0.05) is 42.5 Å². The van der Waals surface area contributed by atoms with E-state index in [9.17, 15) is 22.0 Å². The number of benzene rings is 4. The van der Waals surface area contributed by atoms with Crippen LogP contribution in [0, 0.1) is 35.0 Å². The van der Waals surface area contributed by atoms with E-state index in [4.69, 9.17) is 4.74 Å². The third kappa shape index (κ3) is 7.01. The normalized spacial score (nSPS) is 17.3. The lowest BCUT2D eigenvalue weighted by molar-refractivity contribution is -0.187. The molecule has 4 aromatic carbocycles. The predicted molar refractivity (Wildman–Crippen MR) is 157 cm³/mol. The van der Waals surface area contributed by atoms with Crippen molar-refractivity contribution >= 4 is 0 Å².